The highest BCUT2D eigenvalue weighted by Gasteiger charge is 2.13. The normalized spacial score (nSPS) is 11.2. The Hall–Kier alpha value is -5.39. The Kier molecular flexibility index (Phi) is 8.32. The van der Waals surface area contributed by atoms with Crippen LogP contribution in [0, 0.1) is 17.1 Å². The highest BCUT2D eigenvalue weighted by atomic mass is 35.5. The molecule has 0 atom stereocenters. The number of amides is 3. The van der Waals surface area contributed by atoms with E-state index in [2.05, 4.69) is 16.7 Å². The van der Waals surface area contributed by atoms with Gasteiger partial charge in [0, 0.05) is 46.5 Å². The monoisotopic (exact) mass is 577 g/mol. The quantitative estimate of drug-likeness (QED) is 0.173. The number of benzene rings is 4. The smallest absolute Gasteiger partial charge is 0.316 e. The molecule has 1 heterocycles. The average molecular weight is 578 g/mol. The summed E-state index contributed by atoms with van der Waals surface area (Å²) >= 11 is 6.30. The minimum atomic E-state index is -0.651. The number of hydrogen-bond donors (Lipinski definition) is 3. The molecule has 0 spiro atoms. The number of urea groups is 1. The van der Waals surface area contributed by atoms with Crippen LogP contribution in [0.15, 0.2) is 97.2 Å². The number of fused-ring (bicyclic) bond motifs is 1. The van der Waals surface area contributed by atoms with Crippen LogP contribution in [-0.2, 0) is 13.1 Å². The van der Waals surface area contributed by atoms with Crippen LogP contribution in [0.2, 0.25) is 5.02 Å². The van der Waals surface area contributed by atoms with Crippen molar-refractivity contribution in [3.8, 4) is 6.07 Å². The summed E-state index contributed by atoms with van der Waals surface area (Å²) in [6.45, 7) is 0.768. The van der Waals surface area contributed by atoms with E-state index in [1.165, 1.54) is 12.1 Å². The molecule has 0 unspecified atom stereocenters. The number of primary amides is 1. The first-order valence-corrected chi connectivity index (χ1v) is 13.4. The van der Waals surface area contributed by atoms with E-state index in [1.54, 1.807) is 72.8 Å². The van der Waals surface area contributed by atoms with Crippen LogP contribution in [0.3, 0.4) is 0 Å². The third-order valence-corrected chi connectivity index (χ3v) is 6.91. The maximum atomic E-state index is 13.4. The highest BCUT2D eigenvalue weighted by molar-refractivity contribution is 6.31. The number of carbonyl (C=O) groups is 2. The lowest BCUT2D eigenvalue weighted by molar-refractivity contribution is 0.0951. The molecule has 3 amide bonds. The zero-order valence-electron chi connectivity index (χ0n) is 22.3. The van der Waals surface area contributed by atoms with Crippen LogP contribution in [0.5, 0.6) is 0 Å². The molecule has 0 radical (unpaired) electrons. The summed E-state index contributed by atoms with van der Waals surface area (Å²) < 4.78 is 15.4. The zero-order valence-corrected chi connectivity index (χ0v) is 23.0. The minimum Gasteiger partial charge on any atom is -0.351 e. The van der Waals surface area contributed by atoms with Gasteiger partial charge in [-0.15, -0.1) is 0 Å². The molecule has 0 saturated heterocycles. The predicted octanol–water partition coefficient (Wildman–Crippen LogP) is 6.97. The first kappa shape index (κ1) is 28.1. The molecule has 42 heavy (non-hydrogen) atoms. The number of nitrogens with two attached hydrogens (primary N) is 1. The molecule has 5 rings (SSSR count). The van der Waals surface area contributed by atoms with Crippen molar-refractivity contribution in [2.45, 2.75) is 13.1 Å². The number of anilines is 1. The van der Waals surface area contributed by atoms with Crippen molar-refractivity contribution in [2.75, 3.05) is 5.32 Å². The lowest BCUT2D eigenvalue weighted by atomic mass is 10.0. The molecule has 4 N–H and O–H groups in total. The molecule has 7 nitrogen and oxygen atoms in total. The molecule has 0 fully saturated rings. The number of hydrogen-bond acceptors (Lipinski definition) is 3. The Bertz CT molecular complexity index is 1850. The molecule has 9 heteroatoms. The summed E-state index contributed by atoms with van der Waals surface area (Å²) in [4.78, 5) is 23.9. The number of nitrogens with one attached hydrogen (secondary N) is 2. The van der Waals surface area contributed by atoms with Crippen molar-refractivity contribution in [1.82, 2.24) is 9.88 Å². The predicted molar refractivity (Wildman–Crippen MR) is 163 cm³/mol. The van der Waals surface area contributed by atoms with Crippen molar-refractivity contribution in [3.63, 3.8) is 0 Å². The fourth-order valence-electron chi connectivity index (χ4n) is 4.62. The van der Waals surface area contributed by atoms with Crippen LogP contribution in [-0.4, -0.2) is 16.5 Å². The fourth-order valence-corrected chi connectivity index (χ4v) is 4.79. The second-order valence-electron chi connectivity index (χ2n) is 9.62. The number of allylic oxidation sites excluding steroid dienone is 1. The lowest BCUT2D eigenvalue weighted by Crippen LogP contribution is -2.23. The van der Waals surface area contributed by atoms with Gasteiger partial charge in [-0.25, -0.2) is 9.18 Å². The van der Waals surface area contributed by atoms with E-state index in [1.807, 2.05) is 22.9 Å². The third kappa shape index (κ3) is 6.66. The molecule has 0 aliphatic rings. The second-order valence-corrected chi connectivity index (χ2v) is 10.1. The molecular formula is C33H25ClFN5O2. The summed E-state index contributed by atoms with van der Waals surface area (Å²) in [5, 5.41) is 16.9. The Labute approximate surface area is 246 Å². The molecule has 0 aliphatic heterocycles. The van der Waals surface area contributed by atoms with E-state index in [0.29, 0.717) is 34.0 Å². The van der Waals surface area contributed by atoms with Gasteiger partial charge in [0.2, 0.25) is 0 Å². The van der Waals surface area contributed by atoms with Gasteiger partial charge in [0.15, 0.2) is 0 Å². The number of rotatable bonds is 8. The minimum absolute atomic E-state index is 0.275. The Morgan fingerprint density at radius 3 is 2.38 bits per heavy atom. The van der Waals surface area contributed by atoms with Crippen LogP contribution in [0.25, 0.3) is 22.6 Å². The maximum absolute atomic E-state index is 13.4. The van der Waals surface area contributed by atoms with Gasteiger partial charge in [-0.3, -0.25) is 4.79 Å². The van der Waals surface area contributed by atoms with Gasteiger partial charge in [0.1, 0.15) is 5.82 Å². The standard InChI is InChI=1S/C33H25ClFN5O2/c34-27-8-13-30-26(20-40(31(30)16-27)19-22-4-9-28(35)10-5-22)15-25(17-36)23-2-1-3-24(14-23)32(41)38-18-21-6-11-29(12-7-21)39-33(37)42/h1-16,20H,18-19H2,(H,38,41)(H3,37,39,42)/b25-15+. The summed E-state index contributed by atoms with van der Waals surface area (Å²) in [7, 11) is 0. The Morgan fingerprint density at radius 1 is 0.952 bits per heavy atom. The third-order valence-electron chi connectivity index (χ3n) is 6.67. The number of nitriles is 1. The van der Waals surface area contributed by atoms with E-state index < -0.39 is 6.03 Å². The van der Waals surface area contributed by atoms with E-state index in [4.69, 9.17) is 17.3 Å². The number of halogens is 2. The van der Waals surface area contributed by atoms with Crippen LogP contribution >= 0.6 is 11.6 Å². The zero-order chi connectivity index (χ0) is 29.6. The van der Waals surface area contributed by atoms with E-state index in [-0.39, 0.29) is 18.3 Å². The summed E-state index contributed by atoms with van der Waals surface area (Å²) in [6, 6.07) is 27.3. The molecule has 0 bridgehead atoms. The van der Waals surface area contributed by atoms with Crippen LogP contribution in [0.1, 0.15) is 32.6 Å². The van der Waals surface area contributed by atoms with Crippen LogP contribution in [0.4, 0.5) is 14.9 Å². The van der Waals surface area contributed by atoms with Crippen LogP contribution < -0.4 is 16.4 Å². The summed E-state index contributed by atoms with van der Waals surface area (Å²) in [6.07, 6.45) is 3.72. The van der Waals surface area contributed by atoms with Gasteiger partial charge in [-0.2, -0.15) is 5.26 Å². The van der Waals surface area contributed by atoms with E-state index in [9.17, 15) is 19.2 Å². The van der Waals surface area contributed by atoms with Gasteiger partial charge >= 0.3 is 6.03 Å². The average Bonchev–Trinajstić information content (AvgIpc) is 3.31. The number of aromatic nitrogens is 1. The maximum Gasteiger partial charge on any atom is 0.316 e. The molecule has 1 aromatic heterocycles. The number of carbonyl (C=O) groups excluding carboxylic acids is 2. The number of nitrogens with zero attached hydrogens (tertiary/aromatic N) is 2. The summed E-state index contributed by atoms with van der Waals surface area (Å²) in [5.41, 5.74) is 10.5. The van der Waals surface area contributed by atoms with Gasteiger partial charge < -0.3 is 20.9 Å². The van der Waals surface area contributed by atoms with Gasteiger partial charge in [-0.1, -0.05) is 54.1 Å². The first-order valence-electron chi connectivity index (χ1n) is 13.0. The van der Waals surface area contributed by atoms with Crippen molar-refractivity contribution < 1.29 is 14.0 Å². The van der Waals surface area contributed by atoms with Crippen molar-refractivity contribution >= 4 is 51.8 Å². The Balaban J connectivity index is 1.38. The highest BCUT2D eigenvalue weighted by Crippen LogP contribution is 2.29. The van der Waals surface area contributed by atoms with Gasteiger partial charge in [0.05, 0.1) is 17.2 Å². The molecule has 0 aliphatic carbocycles. The molecule has 0 saturated carbocycles. The molecule has 208 valence electrons. The van der Waals surface area contributed by atoms with Crippen molar-refractivity contribution in [2.24, 2.45) is 5.73 Å². The first-order chi connectivity index (χ1) is 20.3. The lowest BCUT2D eigenvalue weighted by Gasteiger charge is -2.08. The van der Waals surface area contributed by atoms with E-state index in [0.717, 1.165) is 27.6 Å². The fraction of sp³-hybridized carbons (Fsp3) is 0.0606. The summed E-state index contributed by atoms with van der Waals surface area (Å²) in [5.74, 6) is -0.593. The van der Waals surface area contributed by atoms with Gasteiger partial charge in [0.25, 0.3) is 5.91 Å². The largest absolute Gasteiger partial charge is 0.351 e. The van der Waals surface area contributed by atoms with Crippen molar-refractivity contribution in [1.29, 1.82) is 5.26 Å². The van der Waals surface area contributed by atoms with Gasteiger partial charge in [-0.05, 0) is 71.3 Å². The van der Waals surface area contributed by atoms with E-state index >= 15 is 0 Å². The topological polar surface area (TPSA) is 113 Å². The Morgan fingerprint density at radius 2 is 1.67 bits per heavy atom. The van der Waals surface area contributed by atoms with Crippen molar-refractivity contribution in [3.05, 3.63) is 136 Å². The molecule has 5 aromatic rings. The SMILES string of the molecule is N#C/C(=C\c1cn(Cc2ccc(F)cc2)c2cc(Cl)ccc12)c1cccc(C(=O)NCc2ccc(NC(N)=O)cc2)c1. The molecular weight excluding hydrogens is 553 g/mol. The second kappa shape index (κ2) is 12.4. The molecule has 4 aromatic carbocycles.